The van der Waals surface area contributed by atoms with Gasteiger partial charge < -0.3 is 9.64 Å². The number of hydrazine groups is 1. The number of carbonyl (C=O) groups is 3. The summed E-state index contributed by atoms with van der Waals surface area (Å²) in [6, 6.07) is 7.13. The Kier molecular flexibility index (Phi) is 5.07. The van der Waals surface area contributed by atoms with Gasteiger partial charge in [-0.25, -0.2) is 4.98 Å². The highest BCUT2D eigenvalue weighted by Gasteiger charge is 2.31. The maximum atomic E-state index is 12.3. The number of fused-ring (bicyclic) bond motifs is 1. The summed E-state index contributed by atoms with van der Waals surface area (Å²) in [5, 5.41) is 0. The van der Waals surface area contributed by atoms with Gasteiger partial charge >= 0.3 is 0 Å². The summed E-state index contributed by atoms with van der Waals surface area (Å²) in [6.07, 6.45) is 3.48. The Labute approximate surface area is 149 Å². The van der Waals surface area contributed by atoms with Crippen molar-refractivity contribution in [2.24, 2.45) is 0 Å². The molecule has 0 fully saturated rings. The molecule has 0 radical (unpaired) electrons. The fourth-order valence-corrected chi connectivity index (χ4v) is 2.47. The zero-order valence-corrected chi connectivity index (χ0v) is 14.0. The van der Waals surface area contributed by atoms with Crippen molar-refractivity contribution in [2.45, 2.75) is 19.4 Å². The van der Waals surface area contributed by atoms with Crippen LogP contribution in [0.15, 0.2) is 42.9 Å². The molecule has 1 atom stereocenters. The molecule has 1 aromatic carbocycles. The van der Waals surface area contributed by atoms with Gasteiger partial charge in [0.05, 0.1) is 11.9 Å². The Morgan fingerprint density at radius 1 is 1.23 bits per heavy atom. The molecule has 1 aliphatic rings. The number of anilines is 1. The van der Waals surface area contributed by atoms with Crippen LogP contribution in [0.25, 0.3) is 0 Å². The summed E-state index contributed by atoms with van der Waals surface area (Å²) in [7, 11) is 0. The van der Waals surface area contributed by atoms with E-state index in [4.69, 9.17) is 4.74 Å². The fourth-order valence-electron chi connectivity index (χ4n) is 2.47. The van der Waals surface area contributed by atoms with E-state index < -0.39 is 17.9 Å². The van der Waals surface area contributed by atoms with E-state index in [1.807, 2.05) is 6.07 Å². The van der Waals surface area contributed by atoms with Crippen molar-refractivity contribution >= 4 is 23.4 Å². The van der Waals surface area contributed by atoms with E-state index in [-0.39, 0.29) is 24.6 Å². The normalized spacial score (nSPS) is 15.7. The lowest BCUT2D eigenvalue weighted by atomic mass is 10.1. The second kappa shape index (κ2) is 7.60. The molecule has 2 aromatic rings. The summed E-state index contributed by atoms with van der Waals surface area (Å²) in [5.74, 6) is -0.643. The van der Waals surface area contributed by atoms with Gasteiger partial charge in [-0.05, 0) is 19.1 Å². The first kappa shape index (κ1) is 17.3. The Balaban J connectivity index is 1.56. The third-order valence-corrected chi connectivity index (χ3v) is 3.75. The van der Waals surface area contributed by atoms with Crippen LogP contribution in [0.5, 0.6) is 5.75 Å². The van der Waals surface area contributed by atoms with Crippen molar-refractivity contribution in [3.05, 3.63) is 48.5 Å². The fraction of sp³-hybridized carbons (Fsp3) is 0.235. The summed E-state index contributed by atoms with van der Waals surface area (Å²) in [5.41, 5.74) is 5.25. The van der Waals surface area contributed by atoms with Gasteiger partial charge in [0.1, 0.15) is 11.4 Å². The first-order chi connectivity index (χ1) is 12.6. The molecule has 3 amide bonds. The Morgan fingerprint density at radius 2 is 2.04 bits per heavy atom. The molecule has 0 saturated heterocycles. The molecule has 2 N–H and O–H groups in total. The zero-order valence-electron chi connectivity index (χ0n) is 14.0. The Bertz CT molecular complexity index is 827. The van der Waals surface area contributed by atoms with Gasteiger partial charge in [0.25, 0.3) is 11.8 Å². The number of amides is 3. The minimum Gasteiger partial charge on any atom is -0.479 e. The molecule has 0 unspecified atom stereocenters. The van der Waals surface area contributed by atoms with Crippen LogP contribution in [0.4, 0.5) is 5.69 Å². The van der Waals surface area contributed by atoms with Crippen molar-refractivity contribution in [1.29, 1.82) is 0 Å². The lowest BCUT2D eigenvalue weighted by Gasteiger charge is -2.32. The number of ether oxygens (including phenoxy) is 1. The molecule has 3 rings (SSSR count). The van der Waals surface area contributed by atoms with Crippen LogP contribution in [0.3, 0.4) is 0 Å². The van der Waals surface area contributed by atoms with Gasteiger partial charge in [-0.15, -0.1) is 0 Å². The van der Waals surface area contributed by atoms with Gasteiger partial charge in [0.2, 0.25) is 5.91 Å². The summed E-state index contributed by atoms with van der Waals surface area (Å²) >= 11 is 0. The standard InChI is InChI=1S/C17H17N5O4/c1-11-17(25)22(13-4-2-3-5-14(13)26-11)9-6-15(23)20-21-16(24)12-10-18-7-8-19-12/h2-5,7-8,10-11H,6,9H2,1H3,(H,20,23)(H,21,24)/t11-/m0/s1. The molecule has 0 spiro atoms. The number of aromatic nitrogens is 2. The molecule has 26 heavy (non-hydrogen) atoms. The number of nitrogens with zero attached hydrogens (tertiary/aromatic N) is 3. The molecule has 2 heterocycles. The zero-order chi connectivity index (χ0) is 18.5. The number of nitrogens with one attached hydrogen (secondary N) is 2. The Morgan fingerprint density at radius 3 is 2.81 bits per heavy atom. The molecule has 0 aliphatic carbocycles. The number of carbonyl (C=O) groups excluding carboxylic acids is 3. The van der Waals surface area contributed by atoms with Crippen LogP contribution in [0, 0.1) is 0 Å². The predicted octanol–water partition coefficient (Wildman–Crippen LogP) is 0.442. The smallest absolute Gasteiger partial charge is 0.289 e. The lowest BCUT2D eigenvalue weighted by molar-refractivity contribution is -0.125. The van der Waals surface area contributed by atoms with E-state index in [1.165, 1.54) is 23.5 Å². The number of hydrogen-bond acceptors (Lipinski definition) is 6. The van der Waals surface area contributed by atoms with Crippen LogP contribution in [0.1, 0.15) is 23.8 Å². The van der Waals surface area contributed by atoms with Gasteiger partial charge in [-0.2, -0.15) is 0 Å². The third kappa shape index (κ3) is 3.77. The summed E-state index contributed by atoms with van der Waals surface area (Å²) in [6.45, 7) is 1.82. The molecule has 9 nitrogen and oxygen atoms in total. The molecule has 0 bridgehead atoms. The largest absolute Gasteiger partial charge is 0.479 e. The maximum Gasteiger partial charge on any atom is 0.289 e. The van der Waals surface area contributed by atoms with Crippen molar-refractivity contribution in [1.82, 2.24) is 20.8 Å². The van der Waals surface area contributed by atoms with E-state index in [0.717, 1.165) is 0 Å². The van der Waals surface area contributed by atoms with E-state index in [2.05, 4.69) is 20.8 Å². The molecule has 1 aliphatic heterocycles. The van der Waals surface area contributed by atoms with Gasteiger partial charge in [-0.1, -0.05) is 12.1 Å². The number of hydrogen-bond donors (Lipinski definition) is 2. The van der Waals surface area contributed by atoms with Gasteiger partial charge in [0.15, 0.2) is 6.10 Å². The highest BCUT2D eigenvalue weighted by Crippen LogP contribution is 2.33. The van der Waals surface area contributed by atoms with Crippen molar-refractivity contribution in [2.75, 3.05) is 11.4 Å². The molecule has 9 heteroatoms. The van der Waals surface area contributed by atoms with Crippen LogP contribution in [0.2, 0.25) is 0 Å². The number of benzene rings is 1. The Hall–Kier alpha value is -3.49. The van der Waals surface area contributed by atoms with Crippen LogP contribution < -0.4 is 20.5 Å². The van der Waals surface area contributed by atoms with Gasteiger partial charge in [-0.3, -0.25) is 30.2 Å². The molecule has 134 valence electrons. The van der Waals surface area contributed by atoms with E-state index in [9.17, 15) is 14.4 Å². The molecular formula is C17H17N5O4. The van der Waals surface area contributed by atoms with Crippen molar-refractivity contribution in [3.8, 4) is 5.75 Å². The monoisotopic (exact) mass is 355 g/mol. The summed E-state index contributed by atoms with van der Waals surface area (Å²) in [4.78, 5) is 45.2. The quantitative estimate of drug-likeness (QED) is 0.770. The van der Waals surface area contributed by atoms with Crippen LogP contribution >= 0.6 is 0 Å². The molecule has 0 saturated carbocycles. The topological polar surface area (TPSA) is 114 Å². The van der Waals surface area contributed by atoms with E-state index >= 15 is 0 Å². The predicted molar refractivity (Wildman–Crippen MR) is 91.1 cm³/mol. The highest BCUT2D eigenvalue weighted by molar-refractivity contribution is 6.00. The SMILES string of the molecule is C[C@@H]1Oc2ccccc2N(CCC(=O)NNC(=O)c2cnccn2)C1=O. The highest BCUT2D eigenvalue weighted by atomic mass is 16.5. The average Bonchev–Trinajstić information content (AvgIpc) is 2.67. The number of rotatable bonds is 4. The second-order valence-corrected chi connectivity index (χ2v) is 5.56. The second-order valence-electron chi connectivity index (χ2n) is 5.56. The molecular weight excluding hydrogens is 338 g/mol. The van der Waals surface area contributed by atoms with Crippen molar-refractivity contribution in [3.63, 3.8) is 0 Å². The number of para-hydroxylation sites is 2. The van der Waals surface area contributed by atoms with Crippen LogP contribution in [-0.2, 0) is 9.59 Å². The van der Waals surface area contributed by atoms with Gasteiger partial charge in [0, 0.05) is 25.4 Å². The van der Waals surface area contributed by atoms with E-state index in [0.29, 0.717) is 11.4 Å². The first-order valence-electron chi connectivity index (χ1n) is 7.98. The average molecular weight is 355 g/mol. The minimum absolute atomic E-state index is 0.00748. The summed E-state index contributed by atoms with van der Waals surface area (Å²) < 4.78 is 5.55. The van der Waals surface area contributed by atoms with E-state index in [1.54, 1.807) is 25.1 Å². The lowest BCUT2D eigenvalue weighted by Crippen LogP contribution is -2.47. The third-order valence-electron chi connectivity index (χ3n) is 3.75. The van der Waals surface area contributed by atoms with Crippen molar-refractivity contribution < 1.29 is 19.1 Å². The van der Waals surface area contributed by atoms with Crippen LogP contribution in [-0.4, -0.2) is 40.3 Å². The first-order valence-corrected chi connectivity index (χ1v) is 7.98. The maximum absolute atomic E-state index is 12.3. The molecule has 1 aromatic heterocycles. The minimum atomic E-state index is -0.621.